The summed E-state index contributed by atoms with van der Waals surface area (Å²) in [6, 6.07) is 6.22. The summed E-state index contributed by atoms with van der Waals surface area (Å²) < 4.78 is 26.4. The van der Waals surface area contributed by atoms with Crippen LogP contribution in [0.3, 0.4) is 0 Å². The van der Waals surface area contributed by atoms with E-state index in [1.807, 2.05) is 6.07 Å². The zero-order valence-electron chi connectivity index (χ0n) is 10.6. The first-order chi connectivity index (χ1) is 8.98. The molecule has 1 unspecified atom stereocenters. The molecular formula is C13H15ClN2O2S. The molecule has 0 aromatic heterocycles. The number of nitriles is 1. The Morgan fingerprint density at radius 2 is 2.26 bits per heavy atom. The highest BCUT2D eigenvalue weighted by molar-refractivity contribution is 7.89. The van der Waals surface area contributed by atoms with Crippen LogP contribution in [0.25, 0.3) is 0 Å². The van der Waals surface area contributed by atoms with Gasteiger partial charge in [-0.15, -0.1) is 0 Å². The largest absolute Gasteiger partial charge is 0.244 e. The van der Waals surface area contributed by atoms with Crippen LogP contribution < -0.4 is 0 Å². The van der Waals surface area contributed by atoms with E-state index in [4.69, 9.17) is 16.9 Å². The molecule has 4 nitrogen and oxygen atoms in total. The molecule has 1 aliphatic heterocycles. The molecule has 1 aliphatic rings. The molecule has 102 valence electrons. The molecule has 6 heteroatoms. The molecule has 0 radical (unpaired) electrons. The van der Waals surface area contributed by atoms with Crippen LogP contribution in [0.15, 0.2) is 23.1 Å². The Bertz CT molecular complexity index is 622. The van der Waals surface area contributed by atoms with Gasteiger partial charge in [0.2, 0.25) is 10.0 Å². The van der Waals surface area contributed by atoms with Gasteiger partial charge in [-0.3, -0.25) is 0 Å². The quantitative estimate of drug-likeness (QED) is 0.862. The van der Waals surface area contributed by atoms with E-state index in [9.17, 15) is 8.42 Å². The highest BCUT2D eigenvalue weighted by atomic mass is 35.5. The van der Waals surface area contributed by atoms with Crippen molar-refractivity contribution in [2.45, 2.75) is 24.7 Å². The Morgan fingerprint density at radius 3 is 2.79 bits per heavy atom. The molecule has 0 aliphatic carbocycles. The SMILES string of the molecule is CCC1CCN(S(=O)(=O)c2ccc(C#N)cc2Cl)C1. The summed E-state index contributed by atoms with van der Waals surface area (Å²) in [5.74, 6) is 0.423. The fourth-order valence-corrected chi connectivity index (χ4v) is 4.32. The first kappa shape index (κ1) is 14.3. The summed E-state index contributed by atoms with van der Waals surface area (Å²) in [6.45, 7) is 3.15. The lowest BCUT2D eigenvalue weighted by Gasteiger charge is -2.17. The van der Waals surface area contributed by atoms with E-state index in [-0.39, 0.29) is 9.92 Å². The van der Waals surface area contributed by atoms with Crippen molar-refractivity contribution < 1.29 is 8.42 Å². The van der Waals surface area contributed by atoms with Crippen LogP contribution in [-0.2, 0) is 10.0 Å². The third-order valence-electron chi connectivity index (χ3n) is 3.50. The molecule has 1 aromatic rings. The van der Waals surface area contributed by atoms with Crippen LogP contribution in [0.4, 0.5) is 0 Å². The second-order valence-corrected chi connectivity index (χ2v) is 7.00. The molecule has 0 spiro atoms. The predicted octanol–water partition coefficient (Wildman–Crippen LogP) is 2.63. The Balaban J connectivity index is 2.33. The van der Waals surface area contributed by atoms with Crippen LogP contribution in [0, 0.1) is 17.2 Å². The van der Waals surface area contributed by atoms with E-state index < -0.39 is 10.0 Å². The molecule has 0 N–H and O–H groups in total. The molecule has 19 heavy (non-hydrogen) atoms. The summed E-state index contributed by atoms with van der Waals surface area (Å²) in [7, 11) is -3.55. The number of rotatable bonds is 3. The van der Waals surface area contributed by atoms with Crippen molar-refractivity contribution in [2.24, 2.45) is 5.92 Å². The average Bonchev–Trinajstić information content (AvgIpc) is 2.87. The molecule has 0 saturated carbocycles. The van der Waals surface area contributed by atoms with Crippen molar-refractivity contribution in [3.05, 3.63) is 28.8 Å². The molecule has 1 heterocycles. The van der Waals surface area contributed by atoms with Crippen molar-refractivity contribution >= 4 is 21.6 Å². The van der Waals surface area contributed by atoms with E-state index in [0.717, 1.165) is 12.8 Å². The number of hydrogen-bond donors (Lipinski definition) is 0. The van der Waals surface area contributed by atoms with Gasteiger partial charge in [0.25, 0.3) is 0 Å². The summed E-state index contributed by atoms with van der Waals surface area (Å²) in [5.41, 5.74) is 0.358. The van der Waals surface area contributed by atoms with E-state index in [1.165, 1.54) is 22.5 Å². The third kappa shape index (κ3) is 2.76. The number of benzene rings is 1. The number of hydrogen-bond acceptors (Lipinski definition) is 3. The standard InChI is InChI=1S/C13H15ClN2O2S/c1-2-10-5-6-16(9-10)19(17,18)13-4-3-11(8-15)7-12(13)14/h3-4,7,10H,2,5-6,9H2,1H3. The molecule has 1 aromatic carbocycles. The molecule has 0 bridgehead atoms. The summed E-state index contributed by atoms with van der Waals surface area (Å²) in [5, 5.41) is 8.88. The predicted molar refractivity (Wildman–Crippen MR) is 73.3 cm³/mol. The maximum atomic E-state index is 12.5. The lowest BCUT2D eigenvalue weighted by Crippen LogP contribution is -2.29. The van der Waals surface area contributed by atoms with Gasteiger partial charge in [0.15, 0.2) is 0 Å². The highest BCUT2D eigenvalue weighted by Gasteiger charge is 2.32. The number of halogens is 1. The van der Waals surface area contributed by atoms with Gasteiger partial charge in [-0.25, -0.2) is 8.42 Å². The maximum Gasteiger partial charge on any atom is 0.244 e. The van der Waals surface area contributed by atoms with Crippen LogP contribution >= 0.6 is 11.6 Å². The highest BCUT2D eigenvalue weighted by Crippen LogP contribution is 2.30. The van der Waals surface area contributed by atoms with E-state index in [1.54, 1.807) is 0 Å². The fraction of sp³-hybridized carbons (Fsp3) is 0.462. The molecule has 1 atom stereocenters. The Labute approximate surface area is 118 Å². The van der Waals surface area contributed by atoms with Crippen molar-refractivity contribution in [1.82, 2.24) is 4.31 Å². The van der Waals surface area contributed by atoms with Gasteiger partial charge in [0.1, 0.15) is 4.90 Å². The summed E-state index contributed by atoms with van der Waals surface area (Å²) in [4.78, 5) is 0.0879. The van der Waals surface area contributed by atoms with Crippen LogP contribution in [0.2, 0.25) is 5.02 Å². The molecule has 2 rings (SSSR count). The summed E-state index contributed by atoms with van der Waals surface area (Å²) in [6.07, 6.45) is 1.87. The topological polar surface area (TPSA) is 61.2 Å². The minimum absolute atomic E-state index is 0.0879. The van der Waals surface area contributed by atoms with Crippen LogP contribution in [-0.4, -0.2) is 25.8 Å². The monoisotopic (exact) mass is 298 g/mol. The average molecular weight is 299 g/mol. The van der Waals surface area contributed by atoms with Crippen molar-refractivity contribution in [1.29, 1.82) is 5.26 Å². The molecule has 1 saturated heterocycles. The third-order valence-corrected chi connectivity index (χ3v) is 5.85. The van der Waals surface area contributed by atoms with Crippen molar-refractivity contribution in [2.75, 3.05) is 13.1 Å². The van der Waals surface area contributed by atoms with Crippen LogP contribution in [0.5, 0.6) is 0 Å². The van der Waals surface area contributed by atoms with Gasteiger partial charge in [0, 0.05) is 13.1 Å². The Morgan fingerprint density at radius 1 is 1.53 bits per heavy atom. The van der Waals surface area contributed by atoms with Gasteiger partial charge < -0.3 is 0 Å². The first-order valence-corrected chi connectivity index (χ1v) is 8.00. The lowest BCUT2D eigenvalue weighted by molar-refractivity contribution is 0.453. The molecule has 0 amide bonds. The van der Waals surface area contributed by atoms with E-state index in [2.05, 4.69) is 6.92 Å². The number of sulfonamides is 1. The van der Waals surface area contributed by atoms with E-state index >= 15 is 0 Å². The summed E-state index contributed by atoms with van der Waals surface area (Å²) >= 11 is 5.98. The maximum absolute atomic E-state index is 12.5. The van der Waals surface area contributed by atoms with Crippen molar-refractivity contribution in [3.8, 4) is 6.07 Å². The van der Waals surface area contributed by atoms with Crippen LogP contribution in [0.1, 0.15) is 25.3 Å². The normalized spacial score (nSPS) is 20.4. The zero-order valence-corrected chi connectivity index (χ0v) is 12.2. The fourth-order valence-electron chi connectivity index (χ4n) is 2.27. The Kier molecular flexibility index (Phi) is 4.14. The van der Waals surface area contributed by atoms with Gasteiger partial charge in [-0.05, 0) is 30.5 Å². The van der Waals surface area contributed by atoms with Gasteiger partial charge >= 0.3 is 0 Å². The minimum Gasteiger partial charge on any atom is -0.207 e. The first-order valence-electron chi connectivity index (χ1n) is 6.18. The second-order valence-electron chi connectivity index (χ2n) is 4.68. The van der Waals surface area contributed by atoms with E-state index in [0.29, 0.717) is 24.6 Å². The minimum atomic E-state index is -3.55. The van der Waals surface area contributed by atoms with Gasteiger partial charge in [0.05, 0.1) is 16.7 Å². The second kappa shape index (κ2) is 5.49. The smallest absolute Gasteiger partial charge is 0.207 e. The number of nitrogens with zero attached hydrogens (tertiary/aromatic N) is 2. The molecule has 1 fully saturated rings. The zero-order chi connectivity index (χ0) is 14.0. The lowest BCUT2D eigenvalue weighted by atomic mass is 10.1. The Hall–Kier alpha value is -1.09. The van der Waals surface area contributed by atoms with Crippen molar-refractivity contribution in [3.63, 3.8) is 0 Å². The molecular weight excluding hydrogens is 284 g/mol. The van der Waals surface area contributed by atoms with Gasteiger partial charge in [-0.2, -0.15) is 9.57 Å². The van der Waals surface area contributed by atoms with Gasteiger partial charge in [-0.1, -0.05) is 24.9 Å².